The zero-order valence-electron chi connectivity index (χ0n) is 22.4. The van der Waals surface area contributed by atoms with E-state index in [9.17, 15) is 19.7 Å². The molecule has 0 aliphatic carbocycles. The summed E-state index contributed by atoms with van der Waals surface area (Å²) in [6.45, 7) is 6.46. The van der Waals surface area contributed by atoms with Crippen LogP contribution in [-0.2, 0) is 20.9 Å². The number of nitrogens with zero attached hydrogens (tertiary/aromatic N) is 2. The molecule has 0 atom stereocenters. The number of benzene rings is 2. The first kappa shape index (κ1) is 30.9. The molecule has 208 valence electrons. The van der Waals surface area contributed by atoms with E-state index in [1.165, 1.54) is 24.0 Å². The maximum absolute atomic E-state index is 12.7. The fraction of sp³-hybridized carbons (Fsp3) is 0.500. The van der Waals surface area contributed by atoms with Gasteiger partial charge in [0.15, 0.2) is 5.69 Å². The number of esters is 1. The number of carbonyl (C=O) groups is 2. The predicted molar refractivity (Wildman–Crippen MR) is 147 cm³/mol. The third-order valence-electron chi connectivity index (χ3n) is 5.78. The first-order valence-electron chi connectivity index (χ1n) is 13.0. The van der Waals surface area contributed by atoms with Crippen molar-refractivity contribution in [1.82, 2.24) is 0 Å². The summed E-state index contributed by atoms with van der Waals surface area (Å²) in [4.78, 5) is 36.8. The molecule has 0 aliphatic heterocycles. The highest BCUT2D eigenvalue weighted by atomic mass is 35.5. The molecule has 0 fully saturated rings. The molecule has 0 spiro atoms. The Kier molecular flexibility index (Phi) is 13.4. The second-order valence-electron chi connectivity index (χ2n) is 8.76. The van der Waals surface area contributed by atoms with Gasteiger partial charge in [0.1, 0.15) is 11.5 Å². The van der Waals surface area contributed by atoms with E-state index >= 15 is 0 Å². The second kappa shape index (κ2) is 16.5. The predicted octanol–water partition coefficient (Wildman–Crippen LogP) is 6.87. The van der Waals surface area contributed by atoms with Crippen molar-refractivity contribution in [3.8, 4) is 11.5 Å². The summed E-state index contributed by atoms with van der Waals surface area (Å²) in [5.41, 5.74) is 0.449. The van der Waals surface area contributed by atoms with E-state index in [1.807, 2.05) is 0 Å². The summed E-state index contributed by atoms with van der Waals surface area (Å²) < 4.78 is 16.6. The molecule has 0 radical (unpaired) electrons. The molecule has 9 nitrogen and oxygen atoms in total. The molecule has 0 saturated carbocycles. The highest BCUT2D eigenvalue weighted by molar-refractivity contribution is 6.31. The van der Waals surface area contributed by atoms with Crippen LogP contribution in [0.1, 0.15) is 71.3 Å². The van der Waals surface area contributed by atoms with Crippen molar-refractivity contribution < 1.29 is 28.7 Å². The number of hydrogen-bond donors (Lipinski definition) is 0. The van der Waals surface area contributed by atoms with Crippen LogP contribution in [0.25, 0.3) is 0 Å². The molecule has 0 aromatic heterocycles. The second-order valence-corrected chi connectivity index (χ2v) is 9.17. The van der Waals surface area contributed by atoms with E-state index < -0.39 is 10.8 Å². The van der Waals surface area contributed by atoms with Crippen LogP contribution in [0.4, 0.5) is 11.4 Å². The molecule has 0 bridgehead atoms. The van der Waals surface area contributed by atoms with Gasteiger partial charge in [-0.15, -0.1) is 0 Å². The summed E-state index contributed by atoms with van der Waals surface area (Å²) >= 11 is 6.51. The lowest BCUT2D eigenvalue weighted by atomic mass is 10.1. The minimum absolute atomic E-state index is 0.0189. The van der Waals surface area contributed by atoms with Crippen molar-refractivity contribution >= 4 is 34.9 Å². The van der Waals surface area contributed by atoms with Crippen LogP contribution >= 0.6 is 11.6 Å². The van der Waals surface area contributed by atoms with Gasteiger partial charge in [-0.25, -0.2) is 0 Å². The number of unbranched alkanes of at least 4 members (excludes halogenated alkanes) is 4. The van der Waals surface area contributed by atoms with Gasteiger partial charge >= 0.3 is 5.97 Å². The lowest BCUT2D eigenvalue weighted by Crippen LogP contribution is -2.29. The van der Waals surface area contributed by atoms with Gasteiger partial charge in [0.2, 0.25) is 5.91 Å². The Morgan fingerprint density at radius 3 is 2.39 bits per heavy atom. The summed E-state index contributed by atoms with van der Waals surface area (Å²) in [5, 5.41) is 12.3. The van der Waals surface area contributed by atoms with Crippen molar-refractivity contribution in [3.05, 3.63) is 57.1 Å². The maximum atomic E-state index is 12.7. The van der Waals surface area contributed by atoms with Crippen LogP contribution < -0.4 is 14.4 Å². The average molecular weight is 549 g/mol. The zero-order chi connectivity index (χ0) is 27.9. The number of carbonyl (C=O) groups excluding carboxylic acids is 2. The third-order valence-corrected chi connectivity index (χ3v) is 6.13. The minimum Gasteiger partial charge on any atom is -0.494 e. The largest absolute Gasteiger partial charge is 0.494 e. The van der Waals surface area contributed by atoms with Crippen LogP contribution in [0.15, 0.2) is 36.4 Å². The first-order valence-corrected chi connectivity index (χ1v) is 13.4. The molecule has 0 heterocycles. The van der Waals surface area contributed by atoms with Crippen molar-refractivity contribution in [1.29, 1.82) is 0 Å². The Balaban J connectivity index is 2.17. The molecule has 2 rings (SSSR count). The highest BCUT2D eigenvalue weighted by Gasteiger charge is 2.27. The summed E-state index contributed by atoms with van der Waals surface area (Å²) in [5.74, 6) is 0.226. The van der Waals surface area contributed by atoms with E-state index in [0.717, 1.165) is 25.7 Å². The number of ether oxygens (including phenoxy) is 3. The molecule has 0 unspecified atom stereocenters. The number of nitro groups is 1. The molecular weight excluding hydrogens is 512 g/mol. The van der Waals surface area contributed by atoms with E-state index in [1.54, 1.807) is 31.2 Å². The number of amides is 1. The van der Waals surface area contributed by atoms with Crippen molar-refractivity contribution in [2.75, 3.05) is 24.7 Å². The summed E-state index contributed by atoms with van der Waals surface area (Å²) in [6, 6.07) is 9.69. The Morgan fingerprint density at radius 2 is 1.74 bits per heavy atom. The Labute approximate surface area is 229 Å². The summed E-state index contributed by atoms with van der Waals surface area (Å²) in [7, 11) is 0. The number of anilines is 1. The molecule has 0 aliphatic rings. The minimum atomic E-state index is -0.535. The fourth-order valence-electron chi connectivity index (χ4n) is 3.82. The molecule has 2 aromatic carbocycles. The molecule has 1 amide bonds. The molecule has 38 heavy (non-hydrogen) atoms. The quantitative estimate of drug-likeness (QED) is 0.0917. The number of halogens is 1. The van der Waals surface area contributed by atoms with Gasteiger partial charge in [-0.1, -0.05) is 43.5 Å². The van der Waals surface area contributed by atoms with Crippen LogP contribution in [0.3, 0.4) is 0 Å². The molecule has 10 heteroatoms. The fourth-order valence-corrected chi connectivity index (χ4v) is 4.05. The van der Waals surface area contributed by atoms with E-state index in [2.05, 4.69) is 6.92 Å². The SMILES string of the molecule is CCCCCOc1ccc(CN(C(C)=O)c2c(OCCCCCC(=O)OCC)cccc2[N+](=O)[O-])c(Cl)c1. The van der Waals surface area contributed by atoms with Gasteiger partial charge in [-0.05, 0) is 56.4 Å². The summed E-state index contributed by atoms with van der Waals surface area (Å²) in [6.07, 6.45) is 5.46. The highest BCUT2D eigenvalue weighted by Crippen LogP contribution is 2.39. The van der Waals surface area contributed by atoms with Gasteiger partial charge in [0, 0.05) is 24.4 Å². The monoisotopic (exact) mass is 548 g/mol. The molecule has 0 N–H and O–H groups in total. The molecule has 0 saturated heterocycles. The van der Waals surface area contributed by atoms with E-state index in [4.69, 9.17) is 25.8 Å². The zero-order valence-corrected chi connectivity index (χ0v) is 23.1. The molecule has 2 aromatic rings. The Morgan fingerprint density at radius 1 is 1.00 bits per heavy atom. The topological polar surface area (TPSA) is 108 Å². The smallest absolute Gasteiger partial charge is 0.305 e. The number of rotatable bonds is 17. The van der Waals surface area contributed by atoms with Crippen LogP contribution in [0, 0.1) is 10.1 Å². The molecular formula is C28H37ClN2O7. The normalized spacial score (nSPS) is 10.6. The number of hydrogen-bond acceptors (Lipinski definition) is 7. The van der Waals surface area contributed by atoms with Crippen LogP contribution in [-0.4, -0.2) is 36.6 Å². The van der Waals surface area contributed by atoms with E-state index in [0.29, 0.717) is 48.8 Å². The standard InChI is InChI=1S/C28H37ClN2O7/c1-4-6-9-17-37-23-16-15-22(24(29)19-23)20-30(21(3)32)28-25(31(34)35)12-11-13-26(28)38-18-10-7-8-14-27(33)36-5-2/h11-13,15-16,19H,4-10,14,17-18,20H2,1-3H3. The lowest BCUT2D eigenvalue weighted by molar-refractivity contribution is -0.384. The average Bonchev–Trinajstić information content (AvgIpc) is 2.88. The first-order chi connectivity index (χ1) is 18.3. The van der Waals surface area contributed by atoms with Gasteiger partial charge in [0.25, 0.3) is 5.69 Å². The van der Waals surface area contributed by atoms with E-state index in [-0.39, 0.29) is 36.2 Å². The lowest BCUT2D eigenvalue weighted by Gasteiger charge is -2.24. The van der Waals surface area contributed by atoms with Crippen molar-refractivity contribution in [2.24, 2.45) is 0 Å². The van der Waals surface area contributed by atoms with Gasteiger partial charge in [-0.2, -0.15) is 0 Å². The number of nitro benzene ring substituents is 1. The third kappa shape index (κ3) is 9.85. The maximum Gasteiger partial charge on any atom is 0.305 e. The Bertz CT molecular complexity index is 1080. The number of para-hydroxylation sites is 1. The van der Waals surface area contributed by atoms with Crippen LogP contribution in [0.2, 0.25) is 5.02 Å². The Hall–Kier alpha value is -3.33. The van der Waals surface area contributed by atoms with Gasteiger partial charge in [0.05, 0.1) is 31.3 Å². The van der Waals surface area contributed by atoms with Crippen molar-refractivity contribution in [2.45, 2.75) is 72.3 Å². The van der Waals surface area contributed by atoms with Crippen LogP contribution in [0.5, 0.6) is 11.5 Å². The van der Waals surface area contributed by atoms with Gasteiger partial charge in [-0.3, -0.25) is 24.6 Å². The van der Waals surface area contributed by atoms with Gasteiger partial charge < -0.3 is 14.2 Å². The van der Waals surface area contributed by atoms with Crippen molar-refractivity contribution in [3.63, 3.8) is 0 Å².